The molecule has 0 spiro atoms. The first-order valence-electron chi connectivity index (χ1n) is 7.32. The number of anilines is 1. The fraction of sp³-hybridized carbons (Fsp3) is 0.235. The van der Waals surface area contributed by atoms with Crippen LogP contribution in [0.3, 0.4) is 0 Å². The molecule has 0 saturated heterocycles. The van der Waals surface area contributed by atoms with Gasteiger partial charge in [0.2, 0.25) is 10.0 Å². The average molecular weight is 350 g/mol. The molecule has 23 heavy (non-hydrogen) atoms. The van der Waals surface area contributed by atoms with Gasteiger partial charge in [0.1, 0.15) is 0 Å². The maximum Gasteiger partial charge on any atom is 0.236 e. The molecule has 3 rings (SSSR count). The highest BCUT2D eigenvalue weighted by molar-refractivity contribution is 7.91. The van der Waals surface area contributed by atoms with Gasteiger partial charge in [-0.25, -0.2) is 8.42 Å². The first-order valence-corrected chi connectivity index (χ1v) is 9.35. The van der Waals surface area contributed by atoms with E-state index in [1.807, 2.05) is 0 Å². The maximum atomic E-state index is 12.2. The van der Waals surface area contributed by atoms with Gasteiger partial charge in [-0.3, -0.25) is 9.52 Å². The number of halogens is 1. The van der Waals surface area contributed by atoms with Crippen LogP contribution in [0.4, 0.5) is 5.69 Å². The quantitative estimate of drug-likeness (QED) is 0.805. The Morgan fingerprint density at radius 1 is 1.04 bits per heavy atom. The first-order chi connectivity index (χ1) is 10.9. The van der Waals surface area contributed by atoms with Crippen LogP contribution in [0, 0.1) is 5.92 Å². The highest BCUT2D eigenvalue weighted by Crippen LogP contribution is 2.32. The van der Waals surface area contributed by atoms with Crippen molar-refractivity contribution in [1.82, 2.24) is 0 Å². The van der Waals surface area contributed by atoms with Gasteiger partial charge < -0.3 is 0 Å². The zero-order valence-corrected chi connectivity index (χ0v) is 13.9. The molecule has 2 aromatic rings. The van der Waals surface area contributed by atoms with Crippen LogP contribution in [0.2, 0.25) is 5.02 Å². The Morgan fingerprint density at radius 3 is 2.22 bits per heavy atom. The lowest BCUT2D eigenvalue weighted by molar-refractivity contribution is 0.0967. The third kappa shape index (κ3) is 4.33. The van der Waals surface area contributed by atoms with E-state index in [4.69, 9.17) is 11.6 Å². The number of carbonyl (C=O) groups excluding carboxylic acids is 1. The minimum Gasteiger partial charge on any atom is -0.294 e. The molecule has 120 valence electrons. The monoisotopic (exact) mass is 349 g/mol. The van der Waals surface area contributed by atoms with Gasteiger partial charge in [-0.1, -0.05) is 23.7 Å². The van der Waals surface area contributed by atoms with E-state index in [2.05, 4.69) is 4.72 Å². The Bertz CT molecular complexity index is 810. The molecule has 0 amide bonds. The minimum absolute atomic E-state index is 0.132. The van der Waals surface area contributed by atoms with E-state index < -0.39 is 10.0 Å². The second-order valence-corrected chi connectivity index (χ2v) is 7.86. The summed E-state index contributed by atoms with van der Waals surface area (Å²) in [6.45, 7) is 0. The molecule has 0 atom stereocenters. The normalized spacial score (nSPS) is 14.5. The Labute approximate surface area is 140 Å². The Morgan fingerprint density at radius 2 is 1.65 bits per heavy atom. The van der Waals surface area contributed by atoms with Gasteiger partial charge in [0.05, 0.1) is 5.75 Å². The number of benzene rings is 2. The van der Waals surface area contributed by atoms with Crippen molar-refractivity contribution in [2.24, 2.45) is 5.92 Å². The van der Waals surface area contributed by atoms with Crippen molar-refractivity contribution in [2.45, 2.75) is 18.6 Å². The van der Waals surface area contributed by atoms with Gasteiger partial charge in [0.25, 0.3) is 0 Å². The summed E-state index contributed by atoms with van der Waals surface area (Å²) in [4.78, 5) is 11.9. The molecule has 4 nitrogen and oxygen atoms in total. The molecular weight excluding hydrogens is 334 g/mol. The summed E-state index contributed by atoms with van der Waals surface area (Å²) in [5, 5.41) is 0.565. The van der Waals surface area contributed by atoms with Crippen LogP contribution in [0.5, 0.6) is 0 Å². The molecule has 1 N–H and O–H groups in total. The fourth-order valence-corrected chi connectivity index (χ4v) is 3.62. The second-order valence-electron chi connectivity index (χ2n) is 5.70. The van der Waals surface area contributed by atoms with E-state index in [0.717, 1.165) is 12.8 Å². The van der Waals surface area contributed by atoms with E-state index >= 15 is 0 Å². The average Bonchev–Trinajstić information content (AvgIpc) is 3.34. The number of rotatable bonds is 6. The van der Waals surface area contributed by atoms with Crippen LogP contribution in [0.25, 0.3) is 0 Å². The lowest BCUT2D eigenvalue weighted by Gasteiger charge is -2.09. The summed E-state index contributed by atoms with van der Waals surface area (Å²) in [5.74, 6) is 0.162. The van der Waals surface area contributed by atoms with Gasteiger partial charge in [-0.15, -0.1) is 0 Å². The summed E-state index contributed by atoms with van der Waals surface area (Å²) < 4.78 is 26.9. The second kappa shape index (κ2) is 6.34. The smallest absolute Gasteiger partial charge is 0.236 e. The number of Topliss-reactive ketones (excluding diaryl/α,β-unsaturated/α-hetero) is 1. The van der Waals surface area contributed by atoms with Crippen molar-refractivity contribution in [3.63, 3.8) is 0 Å². The molecule has 1 fully saturated rings. The molecule has 0 bridgehead atoms. The number of sulfonamides is 1. The van der Waals surface area contributed by atoms with Crippen molar-refractivity contribution in [1.29, 1.82) is 0 Å². The van der Waals surface area contributed by atoms with Crippen LogP contribution in [0.1, 0.15) is 28.8 Å². The van der Waals surface area contributed by atoms with Crippen LogP contribution >= 0.6 is 11.6 Å². The molecule has 1 saturated carbocycles. The number of carbonyl (C=O) groups is 1. The van der Waals surface area contributed by atoms with Crippen molar-refractivity contribution in [2.75, 3.05) is 4.72 Å². The van der Waals surface area contributed by atoms with Gasteiger partial charge >= 0.3 is 0 Å². The van der Waals surface area contributed by atoms with Gasteiger partial charge in [-0.2, -0.15) is 0 Å². The molecular formula is C17H16ClNO3S. The molecule has 1 aliphatic carbocycles. The van der Waals surface area contributed by atoms with Crippen molar-refractivity contribution in [3.8, 4) is 0 Å². The summed E-state index contributed by atoms with van der Waals surface area (Å²) in [7, 11) is -3.52. The first kappa shape index (κ1) is 16.0. The summed E-state index contributed by atoms with van der Waals surface area (Å²) in [5.41, 5.74) is 1.74. The van der Waals surface area contributed by atoms with Crippen LogP contribution in [-0.4, -0.2) is 14.2 Å². The van der Waals surface area contributed by atoms with Crippen LogP contribution in [-0.2, 0) is 15.8 Å². The van der Waals surface area contributed by atoms with Crippen LogP contribution in [0.15, 0.2) is 48.5 Å². The Hall–Kier alpha value is -1.85. The van der Waals surface area contributed by atoms with Crippen molar-refractivity contribution < 1.29 is 13.2 Å². The Kier molecular flexibility index (Phi) is 4.41. The topological polar surface area (TPSA) is 63.2 Å². The number of ketones is 1. The highest BCUT2D eigenvalue weighted by Gasteiger charge is 2.30. The number of hydrogen-bond acceptors (Lipinski definition) is 3. The van der Waals surface area contributed by atoms with E-state index in [0.29, 0.717) is 21.8 Å². The SMILES string of the molecule is O=C(c1ccc(NS(=O)(=O)Cc2ccc(Cl)cc2)cc1)C1CC1. The van der Waals surface area contributed by atoms with Gasteiger partial charge in [0.15, 0.2) is 5.78 Å². The van der Waals surface area contributed by atoms with Crippen molar-refractivity contribution in [3.05, 3.63) is 64.7 Å². The fourth-order valence-electron chi connectivity index (χ4n) is 2.30. The van der Waals surface area contributed by atoms with Crippen LogP contribution < -0.4 is 4.72 Å². The summed E-state index contributed by atoms with van der Waals surface area (Å²) in [6.07, 6.45) is 1.91. The lowest BCUT2D eigenvalue weighted by Crippen LogP contribution is -2.15. The largest absolute Gasteiger partial charge is 0.294 e. The van der Waals surface area contributed by atoms with E-state index in [1.54, 1.807) is 48.5 Å². The molecule has 0 radical (unpaired) electrons. The maximum absolute atomic E-state index is 12.2. The minimum atomic E-state index is -3.52. The Balaban J connectivity index is 1.67. The third-order valence-electron chi connectivity index (χ3n) is 3.66. The third-order valence-corrected chi connectivity index (χ3v) is 5.17. The summed E-state index contributed by atoms with van der Waals surface area (Å²) in [6, 6.07) is 13.2. The number of nitrogens with one attached hydrogen (secondary N) is 1. The summed E-state index contributed by atoms with van der Waals surface area (Å²) >= 11 is 5.79. The molecule has 0 aromatic heterocycles. The molecule has 0 unspecified atom stereocenters. The predicted octanol–water partition coefficient (Wildman–Crippen LogP) is 3.87. The van der Waals surface area contributed by atoms with E-state index in [9.17, 15) is 13.2 Å². The standard InChI is InChI=1S/C17H16ClNO3S/c18-15-7-1-12(2-8-15)11-23(21,22)19-16-9-5-14(6-10-16)17(20)13-3-4-13/h1-2,5-10,13,19H,3-4,11H2. The van der Waals surface area contributed by atoms with Gasteiger partial charge in [0, 0.05) is 22.2 Å². The van der Waals surface area contributed by atoms with E-state index in [1.165, 1.54) is 0 Å². The number of hydrogen-bond donors (Lipinski definition) is 1. The molecule has 2 aromatic carbocycles. The lowest BCUT2D eigenvalue weighted by atomic mass is 10.1. The zero-order valence-electron chi connectivity index (χ0n) is 12.3. The van der Waals surface area contributed by atoms with Crippen molar-refractivity contribution >= 4 is 33.1 Å². The zero-order chi connectivity index (χ0) is 16.4. The van der Waals surface area contributed by atoms with E-state index in [-0.39, 0.29) is 17.5 Å². The predicted molar refractivity (Wildman–Crippen MR) is 91.2 cm³/mol. The molecule has 0 heterocycles. The molecule has 6 heteroatoms. The molecule has 0 aliphatic heterocycles. The highest BCUT2D eigenvalue weighted by atomic mass is 35.5. The molecule has 1 aliphatic rings. The van der Waals surface area contributed by atoms with Gasteiger partial charge in [-0.05, 0) is 54.8 Å².